The predicted octanol–water partition coefficient (Wildman–Crippen LogP) is 17.5. The number of hydrogen-bond acceptors (Lipinski definition) is 6. The van der Waals surface area contributed by atoms with Crippen molar-refractivity contribution >= 4 is 56.1 Å². The molecule has 3 nitrogen and oxygen atoms in total. The molecule has 346 valence electrons. The van der Waals surface area contributed by atoms with E-state index in [1.54, 1.807) is 35.6 Å². The predicted molar refractivity (Wildman–Crippen MR) is 257 cm³/mol. The van der Waals surface area contributed by atoms with Crippen molar-refractivity contribution in [3.05, 3.63) is 92.2 Å². The van der Waals surface area contributed by atoms with E-state index in [4.69, 9.17) is 13.9 Å². The van der Waals surface area contributed by atoms with Gasteiger partial charge in [0.15, 0.2) is 11.5 Å². The van der Waals surface area contributed by atoms with Crippen LogP contribution in [0, 0.1) is 0 Å². The second-order valence-corrected chi connectivity index (χ2v) is 25.1. The van der Waals surface area contributed by atoms with Gasteiger partial charge in [0, 0.05) is 63.7 Å². The van der Waals surface area contributed by atoms with Crippen molar-refractivity contribution in [2.45, 2.75) is 147 Å². The third kappa shape index (κ3) is 6.82. The lowest BCUT2D eigenvalue weighted by atomic mass is 9.67. The monoisotopic (exact) mass is 950 g/mol. The maximum absolute atomic E-state index is 17.4. The Morgan fingerprint density at radius 3 is 1.57 bits per heavy atom. The number of furan rings is 1. The normalized spacial score (nSPS) is 21.1. The zero-order valence-electron chi connectivity index (χ0n) is 39.2. The Kier molecular flexibility index (Phi) is 10.3. The summed E-state index contributed by atoms with van der Waals surface area (Å²) < 4.78 is 120. The molecule has 3 aliphatic carbocycles. The summed E-state index contributed by atoms with van der Waals surface area (Å²) in [4.78, 5) is 4.41. The summed E-state index contributed by atoms with van der Waals surface area (Å²) in [6, 6.07) is 15.2. The van der Waals surface area contributed by atoms with Crippen molar-refractivity contribution in [2.24, 2.45) is 0 Å². The zero-order valence-corrected chi connectivity index (χ0v) is 41.7. The van der Waals surface area contributed by atoms with Crippen molar-refractivity contribution in [1.82, 2.24) is 0 Å². The molecule has 4 heterocycles. The smallest absolute Gasteiger partial charge is 0.380 e. The summed E-state index contributed by atoms with van der Waals surface area (Å²) in [6.45, 7) is 23.4. The van der Waals surface area contributed by atoms with Gasteiger partial charge in [-0.25, -0.2) is 0 Å². The van der Waals surface area contributed by atoms with E-state index in [9.17, 15) is 0 Å². The van der Waals surface area contributed by atoms with Gasteiger partial charge < -0.3 is 13.9 Å². The van der Waals surface area contributed by atoms with Gasteiger partial charge in [0.25, 0.3) is 0 Å². The fraction of sp³-hybridized carbons (Fsp3) is 0.472. The van der Waals surface area contributed by atoms with Crippen LogP contribution in [-0.4, -0.2) is 32.0 Å². The maximum Gasteiger partial charge on any atom is 0.380 e. The molecule has 0 spiro atoms. The lowest BCUT2D eigenvalue weighted by Gasteiger charge is -2.39. The van der Waals surface area contributed by atoms with Crippen molar-refractivity contribution in [3.63, 3.8) is 0 Å². The van der Waals surface area contributed by atoms with Crippen LogP contribution >= 0.6 is 34.0 Å². The standard InChI is InChI=1S/C53H56F6O3S3/c1-46(2,3)28-16-14-27(15-17-28)42-39(29-22-34(60-12)35(61-13)26-33(29)62-42)41-40(51(54,55)53(58,59)52(41,56)57)30-23-36(37-24-31-44(64-37)49(8,9)20-18-47(31,4)5)63-43(30)38-25-32-45(65-38)50(10,11)21-19-48(32,6)7/h14-17,22-26H,18-21H2,1-13H3. The summed E-state index contributed by atoms with van der Waals surface area (Å²) in [5.41, 5.74) is -1.59. The number of methoxy groups -OCH3 is 2. The van der Waals surface area contributed by atoms with E-state index in [0.717, 1.165) is 52.1 Å². The van der Waals surface area contributed by atoms with Gasteiger partial charge in [-0.05, 0) is 93.7 Å². The first-order chi connectivity index (χ1) is 30.0. The van der Waals surface area contributed by atoms with Crippen LogP contribution in [0.5, 0.6) is 11.5 Å². The minimum Gasteiger partial charge on any atom is -0.493 e. The topological polar surface area (TPSA) is 31.6 Å². The van der Waals surface area contributed by atoms with Crippen molar-refractivity contribution in [3.8, 4) is 42.3 Å². The van der Waals surface area contributed by atoms with Crippen LogP contribution in [0.25, 0.3) is 52.9 Å². The van der Waals surface area contributed by atoms with E-state index in [1.165, 1.54) is 60.0 Å². The molecular weight excluding hydrogens is 895 g/mol. The molecule has 0 bridgehead atoms. The fourth-order valence-corrected chi connectivity index (χ4v) is 14.4. The molecule has 6 aromatic rings. The van der Waals surface area contributed by atoms with Crippen LogP contribution in [0.3, 0.4) is 0 Å². The number of rotatable bonds is 7. The Morgan fingerprint density at radius 1 is 0.569 bits per heavy atom. The Hall–Kier alpha value is -4.00. The molecule has 0 aliphatic heterocycles. The van der Waals surface area contributed by atoms with Gasteiger partial charge >= 0.3 is 17.8 Å². The van der Waals surface area contributed by atoms with E-state index in [0.29, 0.717) is 9.75 Å². The average Bonchev–Trinajstić information content (AvgIpc) is 4.05. The molecule has 0 amide bonds. The number of allylic oxidation sites excluding steroid dienone is 2. The van der Waals surface area contributed by atoms with Crippen LogP contribution in [0.15, 0.2) is 59.0 Å². The second kappa shape index (κ2) is 14.5. The molecule has 3 aliphatic rings. The molecular formula is C53H56F6O3S3. The van der Waals surface area contributed by atoms with Gasteiger partial charge in [-0.2, -0.15) is 26.3 Å². The van der Waals surface area contributed by atoms with Crippen molar-refractivity contribution in [2.75, 3.05) is 14.2 Å². The molecule has 4 aromatic heterocycles. The highest BCUT2D eigenvalue weighted by Crippen LogP contribution is 2.68. The largest absolute Gasteiger partial charge is 0.493 e. The van der Waals surface area contributed by atoms with E-state index in [2.05, 4.69) is 61.5 Å². The number of fused-ring (bicyclic) bond motifs is 3. The van der Waals surface area contributed by atoms with Crippen LogP contribution in [0.2, 0.25) is 0 Å². The van der Waals surface area contributed by atoms with Gasteiger partial charge in [0.05, 0.1) is 19.1 Å². The van der Waals surface area contributed by atoms with Crippen molar-refractivity contribution < 1.29 is 40.2 Å². The summed E-state index contributed by atoms with van der Waals surface area (Å²) in [5, 5.41) is -0.0966. The summed E-state index contributed by atoms with van der Waals surface area (Å²) >= 11 is 4.21. The third-order valence-corrected chi connectivity index (χ3v) is 19.0. The molecule has 12 heteroatoms. The van der Waals surface area contributed by atoms with Gasteiger partial charge in [0.1, 0.15) is 11.3 Å². The van der Waals surface area contributed by atoms with E-state index in [1.807, 2.05) is 26.8 Å². The van der Waals surface area contributed by atoms with Gasteiger partial charge in [0.2, 0.25) is 0 Å². The zero-order chi connectivity index (χ0) is 47.4. The van der Waals surface area contributed by atoms with Crippen LogP contribution in [-0.2, 0) is 27.1 Å². The highest BCUT2D eigenvalue weighted by atomic mass is 32.1. The minimum absolute atomic E-state index is 0.0234. The Balaban J connectivity index is 1.41. The summed E-state index contributed by atoms with van der Waals surface area (Å²) in [6.07, 6.45) is 3.66. The Morgan fingerprint density at radius 2 is 1.05 bits per heavy atom. The molecule has 0 atom stereocenters. The first-order valence-electron chi connectivity index (χ1n) is 22.1. The molecule has 65 heavy (non-hydrogen) atoms. The number of benzene rings is 2. The summed E-state index contributed by atoms with van der Waals surface area (Å²) in [5.74, 6) is -16.5. The summed E-state index contributed by atoms with van der Waals surface area (Å²) in [7, 11) is 2.73. The second-order valence-electron chi connectivity index (χ2n) is 21.9. The molecule has 9 rings (SSSR count). The molecule has 0 unspecified atom stereocenters. The molecule has 0 saturated carbocycles. The maximum atomic E-state index is 17.4. The highest BCUT2D eigenvalue weighted by Gasteiger charge is 2.81. The first-order valence-corrected chi connectivity index (χ1v) is 24.6. The number of ether oxygens (including phenoxy) is 2. The highest BCUT2D eigenvalue weighted by molar-refractivity contribution is 7.27. The van der Waals surface area contributed by atoms with Crippen LogP contribution in [0.1, 0.15) is 139 Å². The van der Waals surface area contributed by atoms with Gasteiger partial charge in [-0.3, -0.25) is 0 Å². The molecule has 0 N–H and O–H groups in total. The third-order valence-electron chi connectivity index (χ3n) is 14.5. The Bertz CT molecular complexity index is 2860. The minimum atomic E-state index is -5.83. The molecule has 0 radical (unpaired) electrons. The quantitative estimate of drug-likeness (QED) is 0.149. The lowest BCUT2D eigenvalue weighted by Crippen LogP contribution is -2.48. The fourth-order valence-electron chi connectivity index (χ4n) is 10.1. The average molecular weight is 951 g/mol. The number of halogens is 6. The SMILES string of the molecule is COc1cc2oc(-c3ccc(C(C)(C)C)cc3)c(C3=C(c4cc(-c5cc6c(s5)C(C)(C)CCC6(C)C)sc4-c4cc5c(s4)C(C)(C)CCC5(C)C)C(F)(F)C(F)(F)C3(F)F)c2cc1OC. The van der Waals surface area contributed by atoms with E-state index >= 15 is 26.3 Å². The molecule has 0 saturated heterocycles. The van der Waals surface area contributed by atoms with Crippen LogP contribution in [0.4, 0.5) is 26.3 Å². The number of thiophene rings is 3. The molecule has 0 fully saturated rings. The Labute approximate surface area is 389 Å². The molecule has 2 aromatic carbocycles. The van der Waals surface area contributed by atoms with Crippen molar-refractivity contribution in [1.29, 1.82) is 0 Å². The van der Waals surface area contributed by atoms with E-state index in [-0.39, 0.29) is 71.3 Å². The van der Waals surface area contributed by atoms with Gasteiger partial charge in [-0.1, -0.05) is 100 Å². The number of hydrogen-bond donors (Lipinski definition) is 0. The lowest BCUT2D eigenvalue weighted by molar-refractivity contribution is -0.254. The first kappa shape index (κ1) is 46.1. The number of alkyl halides is 6. The van der Waals surface area contributed by atoms with Crippen LogP contribution < -0.4 is 9.47 Å². The van der Waals surface area contributed by atoms with E-state index < -0.39 is 34.5 Å². The van der Waals surface area contributed by atoms with Gasteiger partial charge in [-0.15, -0.1) is 34.0 Å².